The first-order valence-corrected chi connectivity index (χ1v) is 9.15. The molecule has 2 aromatic rings. The van der Waals surface area contributed by atoms with Crippen LogP contribution in [0.2, 0.25) is 0 Å². The van der Waals surface area contributed by atoms with Crippen LogP contribution in [0.4, 0.5) is 0 Å². The van der Waals surface area contributed by atoms with Gasteiger partial charge < -0.3 is 9.88 Å². The van der Waals surface area contributed by atoms with Gasteiger partial charge in [-0.2, -0.15) is 5.10 Å². The lowest BCUT2D eigenvalue weighted by molar-refractivity contribution is -0.139. The zero-order valence-corrected chi connectivity index (χ0v) is 16.9. The van der Waals surface area contributed by atoms with Gasteiger partial charge in [0.25, 0.3) is 0 Å². The van der Waals surface area contributed by atoms with Gasteiger partial charge in [0.15, 0.2) is 0 Å². The maximum absolute atomic E-state index is 11.8. The molecule has 0 unspecified atom stereocenters. The minimum Gasteiger partial charge on any atom is -0.345 e. The SMILES string of the molecule is CC[C@H](C)NC(=O)C(=O)N/N=C\c1cc(C)n(-c2ccc(C)cc2C)c1C. The average molecular weight is 368 g/mol. The summed E-state index contributed by atoms with van der Waals surface area (Å²) < 4.78 is 2.16. The molecule has 0 radical (unpaired) electrons. The summed E-state index contributed by atoms with van der Waals surface area (Å²) in [7, 11) is 0. The third-order valence-electron chi connectivity index (χ3n) is 4.63. The first-order chi connectivity index (χ1) is 12.7. The number of carbonyl (C=O) groups is 2. The van der Waals surface area contributed by atoms with E-state index in [1.165, 1.54) is 11.1 Å². The topological polar surface area (TPSA) is 75.5 Å². The number of aromatic nitrogens is 1. The fraction of sp³-hybridized carbons (Fsp3) is 0.381. The lowest BCUT2D eigenvalue weighted by Crippen LogP contribution is -2.41. The van der Waals surface area contributed by atoms with Crippen molar-refractivity contribution in [2.24, 2.45) is 5.10 Å². The van der Waals surface area contributed by atoms with Crippen molar-refractivity contribution in [3.8, 4) is 5.69 Å². The van der Waals surface area contributed by atoms with Crippen molar-refractivity contribution in [3.63, 3.8) is 0 Å². The second kappa shape index (κ2) is 8.66. The molecular formula is C21H28N4O2. The molecule has 2 rings (SSSR count). The zero-order chi connectivity index (χ0) is 20.1. The number of hydrazone groups is 1. The van der Waals surface area contributed by atoms with Gasteiger partial charge >= 0.3 is 11.8 Å². The highest BCUT2D eigenvalue weighted by Gasteiger charge is 2.15. The Kier molecular flexibility index (Phi) is 6.55. The van der Waals surface area contributed by atoms with Crippen LogP contribution in [0.1, 0.15) is 48.3 Å². The molecule has 0 spiro atoms. The highest BCUT2D eigenvalue weighted by atomic mass is 16.2. The monoisotopic (exact) mass is 368 g/mol. The fourth-order valence-electron chi connectivity index (χ4n) is 2.95. The predicted octanol–water partition coefficient (Wildman–Crippen LogP) is 3.08. The first-order valence-electron chi connectivity index (χ1n) is 9.15. The third kappa shape index (κ3) is 4.84. The lowest BCUT2D eigenvalue weighted by atomic mass is 10.1. The van der Waals surface area contributed by atoms with Crippen molar-refractivity contribution < 1.29 is 9.59 Å². The largest absolute Gasteiger partial charge is 0.345 e. The standard InChI is InChI=1S/C21H28N4O2/c1-7-15(4)23-20(26)21(27)24-22-12-18-11-16(5)25(17(18)6)19-9-8-13(2)10-14(19)3/h8-12,15H,7H2,1-6H3,(H,23,26)(H,24,27)/b22-12-/t15-/m0/s1. The Morgan fingerprint density at radius 3 is 2.48 bits per heavy atom. The van der Waals surface area contributed by atoms with Crippen LogP contribution < -0.4 is 10.7 Å². The van der Waals surface area contributed by atoms with Crippen LogP contribution in [-0.2, 0) is 9.59 Å². The smallest absolute Gasteiger partial charge is 0.329 e. The molecule has 6 nitrogen and oxygen atoms in total. The molecule has 0 aliphatic heterocycles. The highest BCUT2D eigenvalue weighted by molar-refractivity contribution is 6.35. The first kappa shape index (κ1) is 20.4. The number of rotatable bonds is 5. The summed E-state index contributed by atoms with van der Waals surface area (Å²) in [5, 5.41) is 6.55. The molecule has 0 aliphatic carbocycles. The molecule has 0 saturated carbocycles. The second-order valence-electron chi connectivity index (χ2n) is 6.93. The van der Waals surface area contributed by atoms with Crippen LogP contribution in [0.3, 0.4) is 0 Å². The minimum atomic E-state index is -0.769. The van der Waals surface area contributed by atoms with E-state index in [-0.39, 0.29) is 6.04 Å². The maximum Gasteiger partial charge on any atom is 0.329 e. The van der Waals surface area contributed by atoms with E-state index in [0.29, 0.717) is 0 Å². The third-order valence-corrected chi connectivity index (χ3v) is 4.63. The molecule has 0 bridgehead atoms. The molecule has 1 atom stereocenters. The Bertz CT molecular complexity index is 881. The molecule has 27 heavy (non-hydrogen) atoms. The van der Waals surface area contributed by atoms with Crippen LogP contribution in [0, 0.1) is 27.7 Å². The summed E-state index contributed by atoms with van der Waals surface area (Å²) in [6.45, 7) is 12.0. The van der Waals surface area contributed by atoms with E-state index in [1.54, 1.807) is 6.21 Å². The predicted molar refractivity (Wildman–Crippen MR) is 108 cm³/mol. The average Bonchev–Trinajstić information content (AvgIpc) is 2.89. The van der Waals surface area contributed by atoms with E-state index < -0.39 is 11.8 Å². The lowest BCUT2D eigenvalue weighted by Gasteiger charge is -2.13. The Morgan fingerprint density at radius 2 is 1.85 bits per heavy atom. The van der Waals surface area contributed by atoms with E-state index in [4.69, 9.17) is 0 Å². The van der Waals surface area contributed by atoms with Gasteiger partial charge in [0.05, 0.1) is 6.21 Å². The van der Waals surface area contributed by atoms with Gasteiger partial charge in [-0.15, -0.1) is 0 Å². The number of nitrogens with one attached hydrogen (secondary N) is 2. The summed E-state index contributed by atoms with van der Waals surface area (Å²) >= 11 is 0. The number of aryl methyl sites for hydroxylation is 3. The normalized spacial score (nSPS) is 12.2. The van der Waals surface area contributed by atoms with Crippen molar-refractivity contribution in [2.75, 3.05) is 0 Å². The van der Waals surface area contributed by atoms with Gasteiger partial charge in [-0.05, 0) is 58.7 Å². The number of nitrogens with zero attached hydrogens (tertiary/aromatic N) is 2. The van der Waals surface area contributed by atoms with Crippen LogP contribution in [0.25, 0.3) is 5.69 Å². The van der Waals surface area contributed by atoms with Gasteiger partial charge in [0.2, 0.25) is 0 Å². The Hall–Kier alpha value is -2.89. The van der Waals surface area contributed by atoms with E-state index in [9.17, 15) is 9.59 Å². The molecule has 0 fully saturated rings. The molecule has 6 heteroatoms. The van der Waals surface area contributed by atoms with Gasteiger partial charge in [-0.25, -0.2) is 5.43 Å². The minimum absolute atomic E-state index is 0.0519. The number of benzene rings is 1. The van der Waals surface area contributed by atoms with Crippen molar-refractivity contribution >= 4 is 18.0 Å². The van der Waals surface area contributed by atoms with Crippen molar-refractivity contribution in [2.45, 2.75) is 54.0 Å². The summed E-state index contributed by atoms with van der Waals surface area (Å²) in [5.41, 5.74) is 8.78. The van der Waals surface area contributed by atoms with Gasteiger partial charge in [-0.1, -0.05) is 24.6 Å². The molecule has 1 aromatic heterocycles. The molecule has 0 aliphatic rings. The van der Waals surface area contributed by atoms with E-state index in [2.05, 4.69) is 52.5 Å². The molecule has 0 saturated heterocycles. The Labute approximate surface area is 160 Å². The fourth-order valence-corrected chi connectivity index (χ4v) is 2.95. The van der Waals surface area contributed by atoms with Crippen LogP contribution in [-0.4, -0.2) is 28.6 Å². The molecule has 2 amide bonds. The Morgan fingerprint density at radius 1 is 1.15 bits per heavy atom. The second-order valence-corrected chi connectivity index (χ2v) is 6.93. The van der Waals surface area contributed by atoms with Crippen LogP contribution in [0.5, 0.6) is 0 Å². The van der Waals surface area contributed by atoms with Crippen LogP contribution in [0.15, 0.2) is 29.4 Å². The van der Waals surface area contributed by atoms with Crippen LogP contribution >= 0.6 is 0 Å². The Balaban J connectivity index is 2.16. The molecular weight excluding hydrogens is 340 g/mol. The van der Waals surface area contributed by atoms with E-state index in [0.717, 1.165) is 29.1 Å². The van der Waals surface area contributed by atoms with Crippen molar-refractivity contribution in [1.82, 2.24) is 15.3 Å². The summed E-state index contributed by atoms with van der Waals surface area (Å²) in [6, 6.07) is 8.29. The van der Waals surface area contributed by atoms with Crippen molar-refractivity contribution in [1.29, 1.82) is 0 Å². The molecule has 1 aromatic carbocycles. The summed E-state index contributed by atoms with van der Waals surface area (Å²) in [5.74, 6) is -1.45. The molecule has 1 heterocycles. The zero-order valence-electron chi connectivity index (χ0n) is 16.9. The summed E-state index contributed by atoms with van der Waals surface area (Å²) in [4.78, 5) is 23.5. The highest BCUT2D eigenvalue weighted by Crippen LogP contribution is 2.23. The quantitative estimate of drug-likeness (QED) is 0.483. The van der Waals surface area contributed by atoms with E-state index >= 15 is 0 Å². The van der Waals surface area contributed by atoms with Gasteiger partial charge in [0, 0.05) is 28.7 Å². The van der Waals surface area contributed by atoms with Gasteiger partial charge in [0.1, 0.15) is 0 Å². The van der Waals surface area contributed by atoms with Gasteiger partial charge in [-0.3, -0.25) is 9.59 Å². The number of carbonyl (C=O) groups excluding carboxylic acids is 2. The molecule has 144 valence electrons. The maximum atomic E-state index is 11.8. The number of hydrogen-bond donors (Lipinski definition) is 2. The number of amides is 2. The number of hydrogen-bond acceptors (Lipinski definition) is 3. The summed E-state index contributed by atoms with van der Waals surface area (Å²) in [6.07, 6.45) is 2.32. The van der Waals surface area contributed by atoms with Crippen molar-refractivity contribution in [3.05, 3.63) is 52.3 Å². The molecule has 2 N–H and O–H groups in total. The van der Waals surface area contributed by atoms with E-state index in [1.807, 2.05) is 33.8 Å².